The minimum atomic E-state index is -0.961. The van der Waals surface area contributed by atoms with Gasteiger partial charge in [0.05, 0.1) is 24.0 Å². The third-order valence-electron chi connectivity index (χ3n) is 7.31. The third kappa shape index (κ3) is 8.80. The van der Waals surface area contributed by atoms with Gasteiger partial charge >= 0.3 is 6.09 Å². The van der Waals surface area contributed by atoms with Gasteiger partial charge in [0.25, 0.3) is 5.91 Å². The number of primary amides is 1. The molecule has 5 N–H and O–H groups in total. The van der Waals surface area contributed by atoms with Crippen LogP contribution in [0.2, 0.25) is 0 Å². The van der Waals surface area contributed by atoms with E-state index >= 15 is 0 Å². The minimum absolute atomic E-state index is 0.0325. The molecule has 0 saturated carbocycles. The van der Waals surface area contributed by atoms with E-state index in [0.29, 0.717) is 23.1 Å². The van der Waals surface area contributed by atoms with Crippen molar-refractivity contribution in [2.75, 3.05) is 33.8 Å². The maximum atomic E-state index is 12.9. The van der Waals surface area contributed by atoms with Crippen LogP contribution in [0.3, 0.4) is 0 Å². The monoisotopic (exact) mass is 576 g/mol. The number of nitrogens with one attached hydrogen (secondary N) is 1. The fourth-order valence-corrected chi connectivity index (χ4v) is 5.24. The number of nitrogens with two attached hydrogens (primary N) is 1. The maximum Gasteiger partial charge on any atom is 0.405 e. The molecule has 2 rings (SSSR count). The van der Waals surface area contributed by atoms with E-state index in [1.54, 1.807) is 46.3 Å². The van der Waals surface area contributed by atoms with E-state index in [1.165, 1.54) is 26.4 Å². The highest BCUT2D eigenvalue weighted by atomic mass is 16.6. The molecule has 7 atom stereocenters. The quantitative estimate of drug-likeness (QED) is 0.227. The number of ether oxygens (including phenoxy) is 5. The molecule has 2 bridgehead atoms. The fraction of sp³-hybridized carbons (Fsp3) is 0.533. The van der Waals surface area contributed by atoms with Gasteiger partial charge in [0.1, 0.15) is 17.6 Å². The summed E-state index contributed by atoms with van der Waals surface area (Å²) in [5.74, 6) is -1.30. The minimum Gasteiger partial charge on any atom is -0.508 e. The average molecular weight is 577 g/mol. The number of hydrogen-bond acceptors (Lipinski definition) is 9. The molecule has 228 valence electrons. The lowest BCUT2D eigenvalue weighted by Crippen LogP contribution is -2.38. The zero-order valence-corrected chi connectivity index (χ0v) is 25.0. The molecule has 41 heavy (non-hydrogen) atoms. The van der Waals surface area contributed by atoms with Gasteiger partial charge in [0.2, 0.25) is 0 Å². The largest absolute Gasteiger partial charge is 0.508 e. The predicted molar refractivity (Wildman–Crippen MR) is 155 cm³/mol. The Labute approximate surface area is 241 Å². The highest BCUT2D eigenvalue weighted by Crippen LogP contribution is 2.41. The Morgan fingerprint density at radius 3 is 2.24 bits per heavy atom. The van der Waals surface area contributed by atoms with Gasteiger partial charge < -0.3 is 44.9 Å². The number of fused-ring (bicyclic) bond motifs is 2. The van der Waals surface area contributed by atoms with Crippen molar-refractivity contribution in [3.63, 3.8) is 0 Å². The smallest absolute Gasteiger partial charge is 0.405 e. The normalized spacial score (nSPS) is 31.7. The molecule has 1 aliphatic rings. The Hall–Kier alpha value is -3.38. The molecule has 1 heterocycles. The Balaban J connectivity index is 2.71. The van der Waals surface area contributed by atoms with Crippen molar-refractivity contribution in [2.24, 2.45) is 17.6 Å². The number of hydrogen-bond donors (Lipinski definition) is 4. The second-order valence-corrected chi connectivity index (χ2v) is 10.3. The van der Waals surface area contributed by atoms with Crippen molar-refractivity contribution >= 4 is 17.7 Å². The van der Waals surface area contributed by atoms with Crippen LogP contribution in [0, 0.1) is 11.8 Å². The van der Waals surface area contributed by atoms with Gasteiger partial charge in [-0.1, -0.05) is 38.2 Å². The number of allylic oxidation sites excluding steroid dienone is 2. The molecule has 0 saturated heterocycles. The summed E-state index contributed by atoms with van der Waals surface area (Å²) in [6.45, 7) is 7.29. The molecule has 2 amide bonds. The number of carbonyl (C=O) groups excluding carboxylic acids is 2. The van der Waals surface area contributed by atoms with Crippen molar-refractivity contribution in [3.05, 3.63) is 53.1 Å². The SMILES string of the molecule is COC1[C@@H](OC)C[C@H](C)C(OC)c2cc(O)cc(c2O)NC(=O)/C(C)=C/C=C\[C@H](OC)[C@@H](OC(N)=O)/C(C)=C/[C@@H]1C. The summed E-state index contributed by atoms with van der Waals surface area (Å²) in [7, 11) is 6.15. The van der Waals surface area contributed by atoms with Gasteiger partial charge in [-0.05, 0) is 37.8 Å². The van der Waals surface area contributed by atoms with Crippen LogP contribution >= 0.6 is 0 Å². The number of anilines is 1. The zero-order valence-electron chi connectivity index (χ0n) is 25.0. The first-order valence-corrected chi connectivity index (χ1v) is 13.4. The molecule has 0 fully saturated rings. The van der Waals surface area contributed by atoms with Crippen molar-refractivity contribution in [2.45, 2.75) is 64.6 Å². The van der Waals surface area contributed by atoms with Gasteiger partial charge in [-0.2, -0.15) is 0 Å². The molecular formula is C30H44N2O9. The van der Waals surface area contributed by atoms with Gasteiger partial charge in [-0.15, -0.1) is 0 Å². The first-order valence-electron chi connectivity index (χ1n) is 13.4. The summed E-state index contributed by atoms with van der Waals surface area (Å²) >= 11 is 0. The highest BCUT2D eigenvalue weighted by Gasteiger charge is 2.33. The van der Waals surface area contributed by atoms with Crippen LogP contribution in [0.15, 0.2) is 47.6 Å². The molecule has 2 unspecified atom stereocenters. The summed E-state index contributed by atoms with van der Waals surface area (Å²) in [6.07, 6.45) is 3.14. The maximum absolute atomic E-state index is 12.9. The molecule has 11 nitrogen and oxygen atoms in total. The average Bonchev–Trinajstić information content (AvgIpc) is 2.91. The van der Waals surface area contributed by atoms with Crippen LogP contribution in [0.25, 0.3) is 0 Å². The molecule has 0 spiro atoms. The number of phenolic OH excluding ortho intramolecular Hbond substituents is 2. The number of benzene rings is 1. The standard InChI is InChI=1S/C30H44N2O9/c1-16-10-9-11-23(37-5)28(41-30(31)36)18(3)12-17(2)27(40-8)24(38-6)13-19(4)26(39-7)21-14-20(33)15-22(25(21)34)32-29(16)35/h9-12,14-15,17,19,23-24,26-28,33-34H,13H2,1-8H3,(H2,31,36)(H,32,35)/b11-9-,16-10+,18-12+/t17-,19-,23-,24-,26?,27?,28-/m0/s1. The van der Waals surface area contributed by atoms with Crippen molar-refractivity contribution in [1.82, 2.24) is 0 Å². The van der Waals surface area contributed by atoms with E-state index in [2.05, 4.69) is 5.32 Å². The summed E-state index contributed by atoms with van der Waals surface area (Å²) in [6, 6.07) is 2.68. The van der Waals surface area contributed by atoms with Crippen LogP contribution in [0.1, 0.15) is 45.8 Å². The van der Waals surface area contributed by atoms with Crippen molar-refractivity contribution < 1.29 is 43.5 Å². The molecular weight excluding hydrogens is 532 g/mol. The lowest BCUT2D eigenvalue weighted by Gasteiger charge is -2.33. The first kappa shape index (κ1) is 33.8. The van der Waals surface area contributed by atoms with E-state index < -0.39 is 42.5 Å². The summed E-state index contributed by atoms with van der Waals surface area (Å²) < 4.78 is 28.6. The lowest BCUT2D eigenvalue weighted by atomic mass is 9.86. The van der Waals surface area contributed by atoms with Crippen LogP contribution in [-0.2, 0) is 28.5 Å². The second-order valence-electron chi connectivity index (χ2n) is 10.3. The fourth-order valence-electron chi connectivity index (χ4n) is 5.24. The van der Waals surface area contributed by atoms with E-state index in [0.717, 1.165) is 0 Å². The van der Waals surface area contributed by atoms with Crippen molar-refractivity contribution in [1.29, 1.82) is 0 Å². The van der Waals surface area contributed by atoms with E-state index in [9.17, 15) is 19.8 Å². The van der Waals surface area contributed by atoms with E-state index in [-0.39, 0.29) is 29.0 Å². The molecule has 0 aliphatic carbocycles. The van der Waals surface area contributed by atoms with Crippen LogP contribution < -0.4 is 11.1 Å². The first-order chi connectivity index (χ1) is 19.4. The lowest BCUT2D eigenvalue weighted by molar-refractivity contribution is -0.112. The van der Waals surface area contributed by atoms with E-state index in [1.807, 2.05) is 19.9 Å². The topological polar surface area (TPSA) is 159 Å². The Morgan fingerprint density at radius 1 is 1.00 bits per heavy atom. The van der Waals surface area contributed by atoms with Crippen LogP contribution in [0.5, 0.6) is 11.5 Å². The Bertz CT molecular complexity index is 1150. The summed E-state index contributed by atoms with van der Waals surface area (Å²) in [4.78, 5) is 24.7. The molecule has 1 aromatic rings. The van der Waals surface area contributed by atoms with Crippen LogP contribution in [-0.4, -0.2) is 75.1 Å². The van der Waals surface area contributed by atoms with Gasteiger partial charge in [0, 0.05) is 51.6 Å². The second kappa shape index (κ2) is 15.6. The predicted octanol–water partition coefficient (Wildman–Crippen LogP) is 4.36. The Kier molecular flexibility index (Phi) is 12.8. The molecule has 11 heteroatoms. The summed E-state index contributed by atoms with van der Waals surface area (Å²) in [5, 5.41) is 24.2. The van der Waals surface area contributed by atoms with Crippen LogP contribution in [0.4, 0.5) is 10.5 Å². The third-order valence-corrected chi connectivity index (χ3v) is 7.31. The van der Waals surface area contributed by atoms with Gasteiger partial charge in [-0.25, -0.2) is 4.79 Å². The van der Waals surface area contributed by atoms with Crippen molar-refractivity contribution in [3.8, 4) is 11.5 Å². The van der Waals surface area contributed by atoms with Gasteiger partial charge in [-0.3, -0.25) is 4.79 Å². The zero-order chi connectivity index (χ0) is 30.9. The number of phenols is 2. The Morgan fingerprint density at radius 2 is 1.68 bits per heavy atom. The highest BCUT2D eigenvalue weighted by molar-refractivity contribution is 6.04. The van der Waals surface area contributed by atoms with Gasteiger partial charge in [0.15, 0.2) is 6.10 Å². The molecule has 0 radical (unpaired) electrons. The molecule has 1 aliphatic heterocycles. The number of methoxy groups -OCH3 is 4. The number of rotatable bonds is 5. The number of carbonyl (C=O) groups is 2. The summed E-state index contributed by atoms with van der Waals surface area (Å²) in [5.41, 5.74) is 6.71. The number of aromatic hydroxyl groups is 2. The molecule has 0 aromatic heterocycles. The molecule has 1 aromatic carbocycles. The van der Waals surface area contributed by atoms with E-state index in [4.69, 9.17) is 29.4 Å². The number of amides is 2.